The predicted molar refractivity (Wildman–Crippen MR) is 152 cm³/mol. The van der Waals surface area contributed by atoms with Gasteiger partial charge in [0.25, 0.3) is 5.91 Å². The lowest BCUT2D eigenvalue weighted by molar-refractivity contribution is -0.160. The van der Waals surface area contributed by atoms with Gasteiger partial charge in [0.1, 0.15) is 29.3 Å². The van der Waals surface area contributed by atoms with E-state index in [0.29, 0.717) is 16.7 Å². The molecule has 1 fully saturated rings. The summed E-state index contributed by atoms with van der Waals surface area (Å²) in [5.41, 5.74) is 11.7. The van der Waals surface area contributed by atoms with Crippen LogP contribution in [0.2, 0.25) is 0 Å². The molecule has 0 radical (unpaired) electrons. The fraction of sp³-hybridized carbons (Fsp3) is 0.345. The number of carbonyl (C=O) groups is 5. The summed E-state index contributed by atoms with van der Waals surface area (Å²) in [5, 5.41) is 1.78. The van der Waals surface area contributed by atoms with Gasteiger partial charge in [-0.15, -0.1) is 11.8 Å². The molecule has 2 aromatic rings. The first-order valence-electron chi connectivity index (χ1n) is 13.1. The molecule has 2 aliphatic rings. The molecule has 2 aliphatic heterocycles. The minimum atomic E-state index is -1.66. The molecule has 1 unspecified atom stereocenters. The van der Waals surface area contributed by atoms with Crippen LogP contribution in [0, 0.1) is 0 Å². The van der Waals surface area contributed by atoms with Crippen LogP contribution in [0.1, 0.15) is 38.0 Å². The number of fused-ring (bicyclic) bond motifs is 1. The summed E-state index contributed by atoms with van der Waals surface area (Å²) >= 11 is 1.23. The van der Waals surface area contributed by atoms with Crippen LogP contribution in [-0.4, -0.2) is 70.2 Å². The summed E-state index contributed by atoms with van der Waals surface area (Å²) in [6.07, 6.45) is -1.86. The Morgan fingerprint density at radius 2 is 1.60 bits per heavy atom. The SMILES string of the molecule is CC(C)(C)OC(=O)C(N)C(=O)N[C@@H]1C(=O)N2C(C(=O)OC(c3ccccc3)c3ccccc3)=C(COC(N)=O)CS[C@H]12. The van der Waals surface area contributed by atoms with Gasteiger partial charge in [-0.3, -0.25) is 14.5 Å². The summed E-state index contributed by atoms with van der Waals surface area (Å²) in [6, 6.07) is 15.4. The Bertz CT molecular complexity index is 1350. The Balaban J connectivity index is 1.58. The molecule has 42 heavy (non-hydrogen) atoms. The lowest BCUT2D eigenvalue weighted by atomic mass is 10.0. The molecule has 222 valence electrons. The molecule has 12 nitrogen and oxygen atoms in total. The zero-order valence-electron chi connectivity index (χ0n) is 23.3. The van der Waals surface area contributed by atoms with E-state index in [1.165, 1.54) is 16.7 Å². The van der Waals surface area contributed by atoms with Gasteiger partial charge in [0.05, 0.1) is 0 Å². The van der Waals surface area contributed by atoms with Gasteiger partial charge in [-0.05, 0) is 31.9 Å². The largest absolute Gasteiger partial charge is 0.458 e. The summed E-state index contributed by atoms with van der Waals surface area (Å²) in [4.78, 5) is 64.6. The number of primary amides is 1. The number of hydrogen-bond acceptors (Lipinski definition) is 10. The molecule has 0 saturated carbocycles. The smallest absolute Gasteiger partial charge is 0.404 e. The first-order valence-corrected chi connectivity index (χ1v) is 14.1. The molecule has 4 rings (SSSR count). The van der Waals surface area contributed by atoms with Gasteiger partial charge in [-0.25, -0.2) is 14.4 Å². The first kappa shape index (κ1) is 30.6. The molecule has 0 bridgehead atoms. The second-order valence-corrected chi connectivity index (χ2v) is 11.7. The van der Waals surface area contributed by atoms with Crippen molar-refractivity contribution in [3.8, 4) is 0 Å². The number of benzene rings is 2. The van der Waals surface area contributed by atoms with E-state index < -0.39 is 59.0 Å². The Labute approximate surface area is 246 Å². The van der Waals surface area contributed by atoms with Crippen LogP contribution in [-0.2, 0) is 33.4 Å². The molecule has 2 heterocycles. The molecule has 0 aromatic heterocycles. The molecular weight excluding hydrogens is 564 g/mol. The van der Waals surface area contributed by atoms with Crippen molar-refractivity contribution in [2.75, 3.05) is 12.4 Å². The van der Waals surface area contributed by atoms with Crippen molar-refractivity contribution in [1.29, 1.82) is 0 Å². The Morgan fingerprint density at radius 3 is 2.12 bits per heavy atom. The molecule has 2 aromatic carbocycles. The first-order chi connectivity index (χ1) is 19.9. The number of thioether (sulfide) groups is 1. The van der Waals surface area contributed by atoms with E-state index >= 15 is 0 Å². The monoisotopic (exact) mass is 596 g/mol. The van der Waals surface area contributed by atoms with E-state index in [9.17, 15) is 24.0 Å². The predicted octanol–water partition coefficient (Wildman–Crippen LogP) is 1.74. The third-order valence-electron chi connectivity index (χ3n) is 6.30. The number of nitrogens with zero attached hydrogens (tertiary/aromatic N) is 1. The van der Waals surface area contributed by atoms with Gasteiger partial charge >= 0.3 is 18.0 Å². The summed E-state index contributed by atoms with van der Waals surface area (Å²) < 4.78 is 16.1. The van der Waals surface area contributed by atoms with Crippen LogP contribution in [0.3, 0.4) is 0 Å². The average molecular weight is 597 g/mol. The highest BCUT2D eigenvalue weighted by Crippen LogP contribution is 2.41. The molecule has 13 heteroatoms. The molecule has 0 aliphatic carbocycles. The number of ether oxygens (including phenoxy) is 3. The molecule has 3 amide bonds. The zero-order valence-corrected chi connectivity index (χ0v) is 24.1. The maximum Gasteiger partial charge on any atom is 0.404 e. The highest BCUT2D eigenvalue weighted by molar-refractivity contribution is 8.00. The van der Waals surface area contributed by atoms with Gasteiger partial charge in [0, 0.05) is 11.3 Å². The Kier molecular flexibility index (Phi) is 9.22. The van der Waals surface area contributed by atoms with Crippen LogP contribution in [0.15, 0.2) is 71.9 Å². The summed E-state index contributed by atoms with van der Waals surface area (Å²) in [7, 11) is 0. The Hall–Kier alpha value is -4.36. The number of carbonyl (C=O) groups excluding carboxylic acids is 5. The third-order valence-corrected chi connectivity index (χ3v) is 7.64. The fourth-order valence-electron chi connectivity index (χ4n) is 4.40. The van der Waals surface area contributed by atoms with E-state index in [-0.39, 0.29) is 18.1 Å². The lowest BCUT2D eigenvalue weighted by Crippen LogP contribution is -2.72. The van der Waals surface area contributed by atoms with Crippen molar-refractivity contribution in [2.45, 2.75) is 49.9 Å². The normalized spacial score (nSPS) is 18.9. The number of rotatable bonds is 9. The Morgan fingerprint density at radius 1 is 1.02 bits per heavy atom. The van der Waals surface area contributed by atoms with Crippen molar-refractivity contribution in [2.24, 2.45) is 11.5 Å². The van der Waals surface area contributed by atoms with Crippen LogP contribution >= 0.6 is 11.8 Å². The van der Waals surface area contributed by atoms with Crippen molar-refractivity contribution >= 4 is 41.6 Å². The lowest BCUT2D eigenvalue weighted by Gasteiger charge is -2.49. The minimum absolute atomic E-state index is 0.108. The zero-order chi connectivity index (χ0) is 30.6. The second kappa shape index (κ2) is 12.7. The minimum Gasteiger partial charge on any atom is -0.458 e. The topological polar surface area (TPSA) is 180 Å². The van der Waals surface area contributed by atoms with E-state index in [0.717, 1.165) is 0 Å². The number of β-lactam (4-membered cyclic amide) rings is 1. The van der Waals surface area contributed by atoms with E-state index in [4.69, 9.17) is 25.7 Å². The van der Waals surface area contributed by atoms with Gasteiger partial charge < -0.3 is 31.0 Å². The molecule has 5 N–H and O–H groups in total. The summed E-state index contributed by atoms with van der Waals surface area (Å²) in [5.74, 6) is -3.13. The van der Waals surface area contributed by atoms with Crippen molar-refractivity contribution in [3.05, 3.63) is 83.1 Å². The van der Waals surface area contributed by atoms with Crippen molar-refractivity contribution in [1.82, 2.24) is 10.2 Å². The highest BCUT2D eigenvalue weighted by atomic mass is 32.2. The van der Waals surface area contributed by atoms with Crippen LogP contribution in [0.5, 0.6) is 0 Å². The average Bonchev–Trinajstić information content (AvgIpc) is 2.96. The fourth-order valence-corrected chi connectivity index (χ4v) is 5.73. The molecule has 3 atom stereocenters. The van der Waals surface area contributed by atoms with E-state index in [1.54, 1.807) is 20.8 Å². The van der Waals surface area contributed by atoms with Gasteiger partial charge in [0.2, 0.25) is 5.91 Å². The van der Waals surface area contributed by atoms with Crippen LogP contribution < -0.4 is 16.8 Å². The van der Waals surface area contributed by atoms with Gasteiger partial charge in [-0.2, -0.15) is 0 Å². The number of nitrogens with one attached hydrogen (secondary N) is 1. The quantitative estimate of drug-likeness (QED) is 0.167. The van der Waals surface area contributed by atoms with Crippen molar-refractivity contribution in [3.63, 3.8) is 0 Å². The van der Waals surface area contributed by atoms with E-state index in [2.05, 4.69) is 5.32 Å². The number of esters is 2. The molecule has 1 saturated heterocycles. The number of nitrogens with two attached hydrogens (primary N) is 2. The number of amides is 3. The van der Waals surface area contributed by atoms with Gasteiger partial charge in [0.15, 0.2) is 12.1 Å². The standard InChI is InChI=1S/C29H32N4O8S/c1-29(2,3)41-26(36)19(30)23(34)32-20-24(35)33-21(18(14-39-28(31)38)15-42-25(20)33)27(37)40-22(16-10-6-4-7-11-16)17-12-8-5-9-13-17/h4-13,19-20,22,25H,14-15,30H2,1-3H3,(H2,31,38)(H,32,34)/t19?,20-,25-/m1/s1. The van der Waals surface area contributed by atoms with E-state index in [1.807, 2.05) is 60.7 Å². The van der Waals surface area contributed by atoms with Crippen LogP contribution in [0.25, 0.3) is 0 Å². The molecular formula is C29H32N4O8S. The van der Waals surface area contributed by atoms with Crippen LogP contribution in [0.4, 0.5) is 4.79 Å². The highest BCUT2D eigenvalue weighted by Gasteiger charge is 2.55. The van der Waals surface area contributed by atoms with Crippen molar-refractivity contribution < 1.29 is 38.2 Å². The maximum atomic E-state index is 13.8. The second-order valence-electron chi connectivity index (χ2n) is 10.6. The summed E-state index contributed by atoms with van der Waals surface area (Å²) in [6.45, 7) is 4.56. The third kappa shape index (κ3) is 6.92. The molecule has 0 spiro atoms. The number of hydrogen-bond donors (Lipinski definition) is 3. The maximum absolute atomic E-state index is 13.8. The van der Waals surface area contributed by atoms with Gasteiger partial charge in [-0.1, -0.05) is 60.7 Å².